The summed E-state index contributed by atoms with van der Waals surface area (Å²) in [5.41, 5.74) is 6.31. The van der Waals surface area contributed by atoms with Crippen LogP contribution in [0.25, 0.3) is 0 Å². The van der Waals surface area contributed by atoms with E-state index >= 15 is 0 Å². The van der Waals surface area contributed by atoms with Gasteiger partial charge in [0.2, 0.25) is 0 Å². The standard InChI is InChI=1S/C13H16N4O4/c14-12(20)15-5-6-16-13(21)17-9-4-2-1-3-8(9)7-10(17)11(18)19/h1-4,10H,5-7H2,(H,16,21)(H,18,19)(H3,14,15,20). The van der Waals surface area contributed by atoms with Crippen LogP contribution in [-0.2, 0) is 11.2 Å². The van der Waals surface area contributed by atoms with Gasteiger partial charge in [-0.3, -0.25) is 4.90 Å². The number of aliphatic carboxylic acids is 1. The quantitative estimate of drug-likeness (QED) is 0.577. The van der Waals surface area contributed by atoms with Crippen molar-refractivity contribution in [2.24, 2.45) is 5.73 Å². The number of para-hydroxylation sites is 1. The molecule has 0 aromatic heterocycles. The van der Waals surface area contributed by atoms with E-state index in [1.807, 2.05) is 0 Å². The molecule has 0 saturated heterocycles. The van der Waals surface area contributed by atoms with Crippen molar-refractivity contribution in [1.82, 2.24) is 10.6 Å². The summed E-state index contributed by atoms with van der Waals surface area (Å²) in [5, 5.41) is 14.1. The molecule has 1 aliphatic heterocycles. The first-order chi connectivity index (χ1) is 10.0. The predicted octanol–water partition coefficient (Wildman–Crippen LogP) is -0.120. The highest BCUT2D eigenvalue weighted by Gasteiger charge is 2.38. The summed E-state index contributed by atoms with van der Waals surface area (Å²) >= 11 is 0. The third-order valence-corrected chi connectivity index (χ3v) is 3.18. The lowest BCUT2D eigenvalue weighted by Crippen LogP contribution is -2.49. The van der Waals surface area contributed by atoms with Crippen molar-refractivity contribution in [2.75, 3.05) is 18.0 Å². The van der Waals surface area contributed by atoms with Gasteiger partial charge in [-0.1, -0.05) is 18.2 Å². The van der Waals surface area contributed by atoms with Gasteiger partial charge in [0.15, 0.2) is 0 Å². The molecule has 1 heterocycles. The van der Waals surface area contributed by atoms with Crippen molar-refractivity contribution in [3.8, 4) is 0 Å². The molecular weight excluding hydrogens is 276 g/mol. The van der Waals surface area contributed by atoms with E-state index < -0.39 is 24.1 Å². The summed E-state index contributed by atoms with van der Waals surface area (Å²) in [7, 11) is 0. The molecule has 0 radical (unpaired) electrons. The second-order valence-corrected chi connectivity index (χ2v) is 4.58. The molecule has 2 rings (SSSR count). The average molecular weight is 292 g/mol. The van der Waals surface area contributed by atoms with E-state index in [1.165, 1.54) is 4.90 Å². The predicted molar refractivity (Wildman–Crippen MR) is 75.0 cm³/mol. The van der Waals surface area contributed by atoms with Gasteiger partial charge in [0.05, 0.1) is 0 Å². The number of primary amides is 1. The zero-order valence-corrected chi connectivity index (χ0v) is 11.2. The van der Waals surface area contributed by atoms with Crippen LogP contribution in [0.2, 0.25) is 0 Å². The molecule has 0 fully saturated rings. The number of carboxylic acids is 1. The number of fused-ring (bicyclic) bond motifs is 1. The highest BCUT2D eigenvalue weighted by Crippen LogP contribution is 2.31. The number of anilines is 1. The van der Waals surface area contributed by atoms with Crippen LogP contribution in [0.5, 0.6) is 0 Å². The van der Waals surface area contributed by atoms with Gasteiger partial charge in [0.25, 0.3) is 0 Å². The molecule has 1 unspecified atom stereocenters. The first kappa shape index (κ1) is 14.6. The molecule has 1 aromatic carbocycles. The van der Waals surface area contributed by atoms with E-state index in [1.54, 1.807) is 24.3 Å². The molecule has 21 heavy (non-hydrogen) atoms. The van der Waals surface area contributed by atoms with Crippen LogP contribution in [0.3, 0.4) is 0 Å². The first-order valence-electron chi connectivity index (χ1n) is 6.42. The van der Waals surface area contributed by atoms with Crippen molar-refractivity contribution < 1.29 is 19.5 Å². The maximum absolute atomic E-state index is 12.2. The van der Waals surface area contributed by atoms with E-state index in [2.05, 4.69) is 10.6 Å². The van der Waals surface area contributed by atoms with E-state index in [0.717, 1.165) is 5.56 Å². The van der Waals surface area contributed by atoms with Crippen molar-refractivity contribution in [2.45, 2.75) is 12.5 Å². The Morgan fingerprint density at radius 3 is 2.57 bits per heavy atom. The topological polar surface area (TPSA) is 125 Å². The Hall–Kier alpha value is -2.77. The van der Waals surface area contributed by atoms with Gasteiger partial charge >= 0.3 is 18.0 Å². The number of hydrogen-bond donors (Lipinski definition) is 4. The molecule has 1 atom stereocenters. The lowest BCUT2D eigenvalue weighted by atomic mass is 10.1. The monoisotopic (exact) mass is 292 g/mol. The fraction of sp³-hybridized carbons (Fsp3) is 0.308. The summed E-state index contributed by atoms with van der Waals surface area (Å²) in [6.45, 7) is 0.334. The SMILES string of the molecule is NC(=O)NCCNC(=O)N1c2ccccc2CC1C(=O)O. The van der Waals surface area contributed by atoms with Crippen molar-refractivity contribution in [3.63, 3.8) is 0 Å². The molecule has 0 aliphatic carbocycles. The van der Waals surface area contributed by atoms with Gasteiger partial charge in [0.1, 0.15) is 6.04 Å². The zero-order valence-electron chi connectivity index (χ0n) is 11.2. The number of amides is 4. The number of rotatable bonds is 4. The fourth-order valence-corrected chi connectivity index (χ4v) is 2.27. The molecule has 112 valence electrons. The van der Waals surface area contributed by atoms with Crippen LogP contribution in [0.1, 0.15) is 5.56 Å². The van der Waals surface area contributed by atoms with Gasteiger partial charge in [-0.2, -0.15) is 0 Å². The van der Waals surface area contributed by atoms with Gasteiger partial charge in [-0.15, -0.1) is 0 Å². The van der Waals surface area contributed by atoms with E-state index in [4.69, 9.17) is 5.73 Å². The highest BCUT2D eigenvalue weighted by atomic mass is 16.4. The molecular formula is C13H16N4O4. The minimum absolute atomic E-state index is 0.160. The Balaban J connectivity index is 2.06. The van der Waals surface area contributed by atoms with E-state index in [-0.39, 0.29) is 19.5 Å². The smallest absolute Gasteiger partial charge is 0.327 e. The molecule has 1 aliphatic rings. The number of carboxylic acid groups (broad SMARTS) is 1. The van der Waals surface area contributed by atoms with Crippen LogP contribution >= 0.6 is 0 Å². The van der Waals surface area contributed by atoms with Crippen molar-refractivity contribution in [3.05, 3.63) is 29.8 Å². The number of nitrogens with zero attached hydrogens (tertiary/aromatic N) is 1. The summed E-state index contributed by atoms with van der Waals surface area (Å²) in [5.74, 6) is -1.06. The molecule has 4 amide bonds. The van der Waals surface area contributed by atoms with Crippen LogP contribution in [-0.4, -0.2) is 42.3 Å². The third-order valence-electron chi connectivity index (χ3n) is 3.18. The Morgan fingerprint density at radius 1 is 1.24 bits per heavy atom. The van der Waals surface area contributed by atoms with Crippen LogP contribution < -0.4 is 21.3 Å². The number of carbonyl (C=O) groups is 3. The lowest BCUT2D eigenvalue weighted by Gasteiger charge is -2.23. The molecule has 0 saturated carbocycles. The maximum atomic E-state index is 12.2. The summed E-state index contributed by atoms with van der Waals surface area (Å²) < 4.78 is 0. The van der Waals surface area contributed by atoms with E-state index in [9.17, 15) is 19.5 Å². The van der Waals surface area contributed by atoms with Crippen LogP contribution in [0, 0.1) is 0 Å². The average Bonchev–Trinajstić information content (AvgIpc) is 2.83. The van der Waals surface area contributed by atoms with Crippen LogP contribution in [0.4, 0.5) is 15.3 Å². The zero-order chi connectivity index (χ0) is 15.4. The summed E-state index contributed by atoms with van der Waals surface area (Å²) in [6, 6.07) is 4.94. The Labute approximate surface area is 120 Å². The van der Waals surface area contributed by atoms with Crippen molar-refractivity contribution in [1.29, 1.82) is 0 Å². The van der Waals surface area contributed by atoms with Crippen molar-refractivity contribution >= 4 is 23.7 Å². The Bertz CT molecular complexity index is 575. The molecule has 0 bridgehead atoms. The maximum Gasteiger partial charge on any atom is 0.327 e. The minimum Gasteiger partial charge on any atom is -0.480 e. The Kier molecular flexibility index (Phi) is 4.27. The number of urea groups is 2. The number of hydrogen-bond acceptors (Lipinski definition) is 3. The highest BCUT2D eigenvalue weighted by molar-refractivity contribution is 6.01. The molecule has 8 heteroatoms. The second kappa shape index (κ2) is 6.12. The van der Waals surface area contributed by atoms with Crippen LogP contribution in [0.15, 0.2) is 24.3 Å². The number of benzene rings is 1. The minimum atomic E-state index is -1.06. The van der Waals surface area contributed by atoms with Gasteiger partial charge in [-0.05, 0) is 11.6 Å². The summed E-state index contributed by atoms with van der Waals surface area (Å²) in [4.78, 5) is 35.2. The molecule has 1 aromatic rings. The van der Waals surface area contributed by atoms with Gasteiger partial charge in [-0.25, -0.2) is 14.4 Å². The largest absolute Gasteiger partial charge is 0.480 e. The normalized spacial score (nSPS) is 16.2. The number of nitrogens with one attached hydrogen (secondary N) is 2. The molecule has 8 nitrogen and oxygen atoms in total. The first-order valence-corrected chi connectivity index (χ1v) is 6.42. The molecule has 0 spiro atoms. The van der Waals surface area contributed by atoms with Gasteiger partial charge < -0.3 is 21.5 Å². The third kappa shape index (κ3) is 3.22. The fourth-order valence-electron chi connectivity index (χ4n) is 2.27. The molecule has 5 N–H and O–H groups in total. The van der Waals surface area contributed by atoms with Gasteiger partial charge in [0, 0.05) is 25.2 Å². The second-order valence-electron chi connectivity index (χ2n) is 4.58. The van der Waals surface area contributed by atoms with E-state index in [0.29, 0.717) is 5.69 Å². The lowest BCUT2D eigenvalue weighted by molar-refractivity contribution is -0.138. The Morgan fingerprint density at radius 2 is 1.90 bits per heavy atom. The summed E-state index contributed by atoms with van der Waals surface area (Å²) in [6.07, 6.45) is 0.276. The number of nitrogens with two attached hydrogens (primary N) is 1. The number of carbonyl (C=O) groups excluding carboxylic acids is 2.